The number of rotatable bonds is 0. The van der Waals surface area contributed by atoms with E-state index in [1.807, 2.05) is 0 Å². The Bertz CT molecular complexity index is 385. The fourth-order valence-corrected chi connectivity index (χ4v) is 4.30. The van der Waals surface area contributed by atoms with E-state index in [1.165, 1.54) is 34.2 Å². The lowest BCUT2D eigenvalue weighted by molar-refractivity contribution is 0.0782. The highest BCUT2D eigenvalue weighted by Gasteiger charge is 2.39. The number of hydrogen-bond donors (Lipinski definition) is 0. The predicted molar refractivity (Wildman–Crippen MR) is 66.5 cm³/mol. The minimum Gasteiger partial charge on any atom is -0.381 e. The molecule has 80 valence electrons. The average molecular weight is 285 g/mol. The highest BCUT2D eigenvalue weighted by Crippen LogP contribution is 2.50. The minimum atomic E-state index is 0.446. The first-order valence-corrected chi connectivity index (χ1v) is 6.94. The molecule has 0 amide bonds. The Kier molecular flexibility index (Phi) is 2.57. The van der Waals surface area contributed by atoms with Gasteiger partial charge in [0.1, 0.15) is 0 Å². The molecule has 1 nitrogen and oxygen atoms in total. The molecule has 0 unspecified atom stereocenters. The fraction of sp³-hybridized carbons (Fsp3) is 0.500. The summed E-state index contributed by atoms with van der Waals surface area (Å²) < 4.78 is 7.10. The van der Waals surface area contributed by atoms with Crippen LogP contribution in [0.3, 0.4) is 0 Å². The molecular formula is C12H13BrOS. The third kappa shape index (κ3) is 1.85. The van der Waals surface area contributed by atoms with Crippen LogP contribution in [0.15, 0.2) is 27.6 Å². The molecule has 0 bridgehead atoms. The number of benzene rings is 1. The molecule has 0 radical (unpaired) electrons. The summed E-state index contributed by atoms with van der Waals surface area (Å²) in [6.07, 6.45) is 3.61. The molecule has 0 aromatic heterocycles. The largest absolute Gasteiger partial charge is 0.381 e. The van der Waals surface area contributed by atoms with Gasteiger partial charge in [-0.1, -0.05) is 15.9 Å². The molecule has 1 aromatic carbocycles. The summed E-state index contributed by atoms with van der Waals surface area (Å²) in [5.74, 6) is 0. The van der Waals surface area contributed by atoms with E-state index in [0.717, 1.165) is 13.2 Å². The molecule has 0 N–H and O–H groups in total. The van der Waals surface area contributed by atoms with Crippen molar-refractivity contribution in [3.8, 4) is 0 Å². The topological polar surface area (TPSA) is 9.23 Å². The number of thioether (sulfide) groups is 1. The third-order valence-corrected chi connectivity index (χ3v) is 5.36. The first-order chi connectivity index (χ1) is 7.27. The smallest absolute Gasteiger partial charge is 0.0479 e. The summed E-state index contributed by atoms with van der Waals surface area (Å²) in [4.78, 5) is 1.47. The second-order valence-electron chi connectivity index (χ2n) is 4.33. The van der Waals surface area contributed by atoms with Gasteiger partial charge in [-0.3, -0.25) is 0 Å². The van der Waals surface area contributed by atoms with Gasteiger partial charge in [0.25, 0.3) is 0 Å². The first-order valence-electron chi connectivity index (χ1n) is 5.33. The lowest BCUT2D eigenvalue weighted by Gasteiger charge is -2.32. The maximum atomic E-state index is 5.46. The van der Waals surface area contributed by atoms with Crippen LogP contribution in [0.5, 0.6) is 0 Å². The predicted octanol–water partition coefficient (Wildman–Crippen LogP) is 3.65. The standard InChI is InChI=1S/C12H13BrOS/c13-10-1-2-11-9(7-10)8-12(15-11)3-5-14-6-4-12/h1-2,7H,3-6,8H2. The van der Waals surface area contributed by atoms with E-state index in [9.17, 15) is 0 Å². The van der Waals surface area contributed by atoms with E-state index in [0.29, 0.717) is 4.75 Å². The fourth-order valence-electron chi connectivity index (χ4n) is 2.42. The van der Waals surface area contributed by atoms with E-state index in [-0.39, 0.29) is 0 Å². The second-order valence-corrected chi connectivity index (χ2v) is 6.75. The van der Waals surface area contributed by atoms with Gasteiger partial charge in [-0.2, -0.15) is 0 Å². The zero-order chi connectivity index (χ0) is 10.3. The van der Waals surface area contributed by atoms with Crippen LogP contribution >= 0.6 is 27.7 Å². The molecule has 1 aromatic rings. The van der Waals surface area contributed by atoms with Gasteiger partial charge < -0.3 is 4.74 Å². The van der Waals surface area contributed by atoms with Gasteiger partial charge >= 0.3 is 0 Å². The van der Waals surface area contributed by atoms with E-state index in [1.54, 1.807) is 0 Å². The number of halogens is 1. The molecule has 1 saturated heterocycles. The summed E-state index contributed by atoms with van der Waals surface area (Å²) in [6, 6.07) is 6.66. The molecule has 15 heavy (non-hydrogen) atoms. The van der Waals surface area contributed by atoms with Crippen molar-refractivity contribution < 1.29 is 4.74 Å². The van der Waals surface area contributed by atoms with Crippen molar-refractivity contribution in [2.75, 3.05) is 13.2 Å². The van der Waals surface area contributed by atoms with E-state index >= 15 is 0 Å². The summed E-state index contributed by atoms with van der Waals surface area (Å²) in [5.41, 5.74) is 1.51. The number of ether oxygens (including phenoxy) is 1. The van der Waals surface area contributed by atoms with Gasteiger partial charge in [-0.05, 0) is 43.0 Å². The Morgan fingerprint density at radius 3 is 2.87 bits per heavy atom. The Morgan fingerprint density at radius 2 is 2.07 bits per heavy atom. The highest BCUT2D eigenvalue weighted by atomic mass is 79.9. The third-order valence-electron chi connectivity index (χ3n) is 3.27. The quantitative estimate of drug-likeness (QED) is 0.719. The maximum Gasteiger partial charge on any atom is 0.0479 e. The van der Waals surface area contributed by atoms with Crippen LogP contribution < -0.4 is 0 Å². The van der Waals surface area contributed by atoms with Gasteiger partial charge in [0.05, 0.1) is 0 Å². The van der Waals surface area contributed by atoms with Crippen molar-refractivity contribution >= 4 is 27.7 Å². The van der Waals surface area contributed by atoms with Gasteiger partial charge in [-0.25, -0.2) is 0 Å². The van der Waals surface area contributed by atoms with Crippen LogP contribution in [0, 0.1) is 0 Å². The lowest BCUT2D eigenvalue weighted by atomic mass is 9.92. The van der Waals surface area contributed by atoms with Gasteiger partial charge in [0.15, 0.2) is 0 Å². The molecule has 0 saturated carbocycles. The summed E-state index contributed by atoms with van der Waals surface area (Å²) in [5, 5.41) is 0. The van der Waals surface area contributed by atoms with Crippen LogP contribution in [0.1, 0.15) is 18.4 Å². The molecule has 2 heterocycles. The van der Waals surface area contributed by atoms with Crippen LogP contribution in [0.4, 0.5) is 0 Å². The van der Waals surface area contributed by atoms with Crippen molar-refractivity contribution in [2.24, 2.45) is 0 Å². The van der Waals surface area contributed by atoms with Gasteiger partial charge in [0, 0.05) is 27.3 Å². The first kappa shape index (κ1) is 10.2. The summed E-state index contributed by atoms with van der Waals surface area (Å²) in [7, 11) is 0. The molecule has 3 rings (SSSR count). The molecule has 1 fully saturated rings. The molecular weight excluding hydrogens is 272 g/mol. The molecule has 2 aliphatic heterocycles. The zero-order valence-electron chi connectivity index (χ0n) is 8.46. The molecule has 2 aliphatic rings. The number of fused-ring (bicyclic) bond motifs is 1. The van der Waals surface area contributed by atoms with Crippen molar-refractivity contribution in [3.63, 3.8) is 0 Å². The van der Waals surface area contributed by atoms with Crippen molar-refractivity contribution in [1.29, 1.82) is 0 Å². The molecule has 3 heteroatoms. The van der Waals surface area contributed by atoms with Crippen LogP contribution in [-0.2, 0) is 11.2 Å². The Hall–Kier alpha value is 0.01000. The average Bonchev–Trinajstić information content (AvgIpc) is 2.56. The van der Waals surface area contributed by atoms with Gasteiger partial charge in [0.2, 0.25) is 0 Å². The minimum absolute atomic E-state index is 0.446. The Morgan fingerprint density at radius 1 is 1.27 bits per heavy atom. The maximum absolute atomic E-state index is 5.46. The van der Waals surface area contributed by atoms with Crippen molar-refractivity contribution in [1.82, 2.24) is 0 Å². The monoisotopic (exact) mass is 284 g/mol. The second kappa shape index (κ2) is 3.79. The summed E-state index contributed by atoms with van der Waals surface area (Å²) in [6.45, 7) is 1.87. The Labute approximate surface area is 103 Å². The Balaban J connectivity index is 1.90. The zero-order valence-corrected chi connectivity index (χ0v) is 10.9. The van der Waals surface area contributed by atoms with E-state index < -0.39 is 0 Å². The van der Waals surface area contributed by atoms with Crippen molar-refractivity contribution in [3.05, 3.63) is 28.2 Å². The van der Waals surface area contributed by atoms with Crippen LogP contribution in [-0.4, -0.2) is 18.0 Å². The van der Waals surface area contributed by atoms with E-state index in [2.05, 4.69) is 45.9 Å². The van der Waals surface area contributed by atoms with E-state index in [4.69, 9.17) is 4.74 Å². The lowest BCUT2D eigenvalue weighted by Crippen LogP contribution is -2.32. The molecule has 0 aliphatic carbocycles. The summed E-state index contributed by atoms with van der Waals surface area (Å²) >= 11 is 5.61. The van der Waals surface area contributed by atoms with Crippen LogP contribution in [0.2, 0.25) is 0 Å². The highest BCUT2D eigenvalue weighted by molar-refractivity contribution is 9.10. The van der Waals surface area contributed by atoms with Crippen molar-refractivity contribution in [2.45, 2.75) is 28.9 Å². The molecule has 1 spiro atoms. The normalized spacial score (nSPS) is 23.0. The molecule has 0 atom stereocenters. The SMILES string of the molecule is Brc1ccc2c(c1)CC1(CCOCC1)S2. The van der Waals surface area contributed by atoms with Crippen LogP contribution in [0.25, 0.3) is 0 Å². The van der Waals surface area contributed by atoms with Gasteiger partial charge in [-0.15, -0.1) is 11.8 Å². The number of hydrogen-bond acceptors (Lipinski definition) is 2.